The van der Waals surface area contributed by atoms with Crippen LogP contribution in [0.1, 0.15) is 0 Å². The summed E-state index contributed by atoms with van der Waals surface area (Å²) in [6.45, 7) is 0. The summed E-state index contributed by atoms with van der Waals surface area (Å²) in [6, 6.07) is 12.7. The van der Waals surface area contributed by atoms with Crippen molar-refractivity contribution in [1.82, 2.24) is 4.98 Å². The Hall–Kier alpha value is -0.571. The van der Waals surface area contributed by atoms with Crippen LogP contribution < -0.4 is 3.71 Å². The Labute approximate surface area is 89.0 Å². The molecule has 1 aromatic heterocycles. The van der Waals surface area contributed by atoms with Crippen molar-refractivity contribution in [1.29, 1.82) is 0 Å². The molecule has 1 heterocycles. The van der Waals surface area contributed by atoms with Crippen molar-refractivity contribution in [2.45, 2.75) is 14.8 Å². The Kier molecular flexibility index (Phi) is 2.52. The fraction of sp³-hybridized carbons (Fsp3) is 0.250. The third-order valence-electron chi connectivity index (χ3n) is 2.37. The van der Waals surface area contributed by atoms with Crippen molar-refractivity contribution < 1.29 is 0 Å². The van der Waals surface area contributed by atoms with Crippen LogP contribution >= 0.6 is 0 Å². The molecule has 0 bridgehead atoms. The van der Waals surface area contributed by atoms with Gasteiger partial charge in [-0.3, -0.25) is 0 Å². The van der Waals surface area contributed by atoms with E-state index in [9.17, 15) is 0 Å². The molecule has 0 N–H and O–H groups in total. The molecular formula is C12H15NSn. The number of hydrogen-bond donors (Lipinski definition) is 0. The van der Waals surface area contributed by atoms with Crippen molar-refractivity contribution in [3.05, 3.63) is 36.4 Å². The van der Waals surface area contributed by atoms with Gasteiger partial charge in [0.15, 0.2) is 0 Å². The molecule has 0 aliphatic rings. The van der Waals surface area contributed by atoms with Crippen LogP contribution in [0.5, 0.6) is 0 Å². The molecule has 2 rings (SSSR count). The Morgan fingerprint density at radius 1 is 0.929 bits per heavy atom. The van der Waals surface area contributed by atoms with Gasteiger partial charge in [0, 0.05) is 0 Å². The molecule has 0 atom stereocenters. The van der Waals surface area contributed by atoms with Gasteiger partial charge < -0.3 is 0 Å². The number of aromatic nitrogens is 1. The molecule has 1 nitrogen and oxygen atoms in total. The maximum absolute atomic E-state index is 4.74. The predicted molar refractivity (Wildman–Crippen MR) is 64.7 cm³/mol. The third kappa shape index (κ3) is 1.92. The number of benzene rings is 1. The molecule has 2 heteroatoms. The zero-order valence-corrected chi connectivity index (χ0v) is 11.8. The number of para-hydroxylation sites is 1. The van der Waals surface area contributed by atoms with Gasteiger partial charge in [0.1, 0.15) is 0 Å². The zero-order chi connectivity index (χ0) is 10.2. The van der Waals surface area contributed by atoms with Crippen LogP contribution in [0, 0.1) is 0 Å². The average Bonchev–Trinajstić information content (AvgIpc) is 2.16. The van der Waals surface area contributed by atoms with Gasteiger partial charge in [-0.1, -0.05) is 0 Å². The van der Waals surface area contributed by atoms with Gasteiger partial charge in [-0.05, 0) is 0 Å². The van der Waals surface area contributed by atoms with Crippen LogP contribution in [-0.4, -0.2) is 23.4 Å². The fourth-order valence-electron chi connectivity index (χ4n) is 1.48. The Morgan fingerprint density at radius 2 is 1.64 bits per heavy atom. The first-order chi connectivity index (χ1) is 6.57. The van der Waals surface area contributed by atoms with Gasteiger partial charge in [-0.2, -0.15) is 0 Å². The van der Waals surface area contributed by atoms with Crippen LogP contribution in [0.3, 0.4) is 0 Å². The third-order valence-corrected chi connectivity index (χ3v) is 7.55. The van der Waals surface area contributed by atoms with E-state index in [4.69, 9.17) is 4.98 Å². The summed E-state index contributed by atoms with van der Waals surface area (Å²) in [5.41, 5.74) is 1.14. The van der Waals surface area contributed by atoms with E-state index in [0.29, 0.717) is 0 Å². The summed E-state index contributed by atoms with van der Waals surface area (Å²) in [6.07, 6.45) is 0. The van der Waals surface area contributed by atoms with E-state index in [0.717, 1.165) is 5.52 Å². The summed E-state index contributed by atoms with van der Waals surface area (Å²) in [7, 11) is 0. The minimum atomic E-state index is -1.97. The summed E-state index contributed by atoms with van der Waals surface area (Å²) < 4.78 is 1.36. The molecule has 1 aromatic carbocycles. The topological polar surface area (TPSA) is 12.9 Å². The number of pyridine rings is 1. The molecule has 72 valence electrons. The van der Waals surface area contributed by atoms with Gasteiger partial charge in [0.25, 0.3) is 0 Å². The van der Waals surface area contributed by atoms with Crippen molar-refractivity contribution in [2.75, 3.05) is 0 Å². The molecule has 0 fully saturated rings. The first kappa shape index (κ1) is 9.96. The number of fused-ring (bicyclic) bond motifs is 1. The van der Waals surface area contributed by atoms with Gasteiger partial charge in [-0.25, -0.2) is 0 Å². The van der Waals surface area contributed by atoms with Gasteiger partial charge in [0.05, 0.1) is 0 Å². The quantitative estimate of drug-likeness (QED) is 0.736. The van der Waals surface area contributed by atoms with E-state index in [-0.39, 0.29) is 0 Å². The first-order valence-electron chi connectivity index (χ1n) is 4.94. The van der Waals surface area contributed by atoms with Crippen molar-refractivity contribution in [2.24, 2.45) is 0 Å². The standard InChI is InChI=1S/C9H6N.3CH3.Sn/c1-2-6-9-8(4-1)5-3-7-10-9;;;;/h1-6H;3*1H3;. The zero-order valence-electron chi connectivity index (χ0n) is 8.91. The Bertz CT molecular complexity index is 457. The summed E-state index contributed by atoms with van der Waals surface area (Å²) in [5.74, 6) is 0. The molecule has 0 saturated heterocycles. The number of hydrogen-bond acceptors (Lipinski definition) is 1. The normalized spacial score (nSPS) is 11.9. The minimum absolute atomic E-state index is 1.14. The molecule has 0 saturated carbocycles. The number of rotatable bonds is 1. The predicted octanol–water partition coefficient (Wildman–Crippen LogP) is 2.78. The Morgan fingerprint density at radius 3 is 2.36 bits per heavy atom. The van der Waals surface area contributed by atoms with E-state index in [2.05, 4.69) is 51.2 Å². The summed E-state index contributed by atoms with van der Waals surface area (Å²) in [5, 5.41) is 1.24. The summed E-state index contributed by atoms with van der Waals surface area (Å²) in [4.78, 5) is 11.9. The van der Waals surface area contributed by atoms with E-state index < -0.39 is 18.4 Å². The van der Waals surface area contributed by atoms with Crippen LogP contribution in [0.2, 0.25) is 14.8 Å². The first-order valence-corrected chi connectivity index (χ1v) is 14.9. The van der Waals surface area contributed by atoms with E-state index in [1.54, 1.807) is 0 Å². The van der Waals surface area contributed by atoms with Gasteiger partial charge in [0.2, 0.25) is 0 Å². The molecule has 0 spiro atoms. The second kappa shape index (κ2) is 3.54. The Balaban J connectivity index is 2.63. The molecule has 0 aliphatic carbocycles. The average molecular weight is 292 g/mol. The molecule has 0 amide bonds. The van der Waals surface area contributed by atoms with Crippen LogP contribution in [0.25, 0.3) is 10.9 Å². The molecule has 0 aliphatic heterocycles. The molecule has 0 radical (unpaired) electrons. The SMILES string of the molecule is [CH3][Sn]([CH3])([CH3])[c]1ccc2ccccc2n1. The van der Waals surface area contributed by atoms with E-state index in [1.807, 2.05) is 0 Å². The second-order valence-electron chi connectivity index (χ2n) is 4.64. The van der Waals surface area contributed by atoms with Crippen LogP contribution in [0.15, 0.2) is 36.4 Å². The van der Waals surface area contributed by atoms with Crippen LogP contribution in [0.4, 0.5) is 0 Å². The van der Waals surface area contributed by atoms with Crippen molar-refractivity contribution in [3.63, 3.8) is 0 Å². The fourth-order valence-corrected chi connectivity index (χ4v) is 4.45. The summed E-state index contributed by atoms with van der Waals surface area (Å²) >= 11 is -1.97. The molecule has 2 aromatic rings. The van der Waals surface area contributed by atoms with E-state index >= 15 is 0 Å². The molecular weight excluding hydrogens is 277 g/mol. The van der Waals surface area contributed by atoms with Crippen LogP contribution in [-0.2, 0) is 0 Å². The van der Waals surface area contributed by atoms with Crippen molar-refractivity contribution >= 4 is 33.0 Å². The number of nitrogens with zero attached hydrogens (tertiary/aromatic N) is 1. The second-order valence-corrected chi connectivity index (χ2v) is 18.9. The monoisotopic (exact) mass is 293 g/mol. The van der Waals surface area contributed by atoms with Gasteiger partial charge >= 0.3 is 89.2 Å². The van der Waals surface area contributed by atoms with Gasteiger partial charge in [-0.15, -0.1) is 0 Å². The van der Waals surface area contributed by atoms with Crippen molar-refractivity contribution in [3.8, 4) is 0 Å². The maximum atomic E-state index is 4.74. The van der Waals surface area contributed by atoms with E-state index in [1.165, 1.54) is 9.10 Å². The molecule has 14 heavy (non-hydrogen) atoms. The molecule has 0 unspecified atom stereocenters.